The number of amides is 4. The Morgan fingerprint density at radius 1 is 1.16 bits per heavy atom. The third kappa shape index (κ3) is 1.64. The minimum Gasteiger partial charge on any atom is -0.295 e. The lowest BCUT2D eigenvalue weighted by Crippen LogP contribution is -2.54. The minimum absolute atomic E-state index is 0.388. The van der Waals surface area contributed by atoms with E-state index in [0.717, 1.165) is 0 Å². The zero-order chi connectivity index (χ0) is 18.8. The summed E-state index contributed by atoms with van der Waals surface area (Å²) in [6, 6.07) is -4.47. The molecule has 0 aliphatic carbocycles. The van der Waals surface area contributed by atoms with E-state index in [1.165, 1.54) is 0 Å². The summed E-state index contributed by atoms with van der Waals surface area (Å²) in [5, 5.41) is 1.75. The first kappa shape index (κ1) is 6.60. The molecule has 1 N–H and O–H groups in total. The van der Waals surface area contributed by atoms with Crippen LogP contribution in [-0.4, -0.2) is 34.6 Å². The van der Waals surface area contributed by atoms with Gasteiger partial charge in [-0.2, -0.15) is 0 Å². The maximum atomic E-state index is 12.6. The van der Waals surface area contributed by atoms with Crippen LogP contribution in [0.5, 0.6) is 0 Å². The molecule has 2 heterocycles. The van der Waals surface area contributed by atoms with Crippen LogP contribution in [0, 0.1) is 0 Å². The van der Waals surface area contributed by atoms with Gasteiger partial charge in [0, 0.05) is 9.11 Å². The Morgan fingerprint density at radius 3 is 2.32 bits per heavy atom. The van der Waals surface area contributed by atoms with Crippen LogP contribution in [0.2, 0.25) is 0 Å². The number of piperidine rings is 1. The van der Waals surface area contributed by atoms with Crippen LogP contribution in [0.4, 0.5) is 0 Å². The molecule has 1 aromatic carbocycles. The molecule has 96 valence electrons. The van der Waals surface area contributed by atoms with Gasteiger partial charge in [-0.1, -0.05) is 12.1 Å². The van der Waals surface area contributed by atoms with E-state index in [9.17, 15) is 19.2 Å². The number of benzene rings is 1. The Balaban J connectivity index is 2.13. The van der Waals surface area contributed by atoms with Gasteiger partial charge in [0.25, 0.3) is 11.8 Å². The summed E-state index contributed by atoms with van der Waals surface area (Å²) in [4.78, 5) is 49.0. The van der Waals surface area contributed by atoms with Gasteiger partial charge in [-0.15, -0.1) is 0 Å². The Bertz CT molecular complexity index is 837. The van der Waals surface area contributed by atoms with Crippen molar-refractivity contribution in [2.24, 2.45) is 0 Å². The fourth-order valence-corrected chi connectivity index (χ4v) is 1.98. The molecule has 1 atom stereocenters. The summed E-state index contributed by atoms with van der Waals surface area (Å²) < 4.78 is 45.9. The highest BCUT2D eigenvalue weighted by Crippen LogP contribution is 2.26. The highest BCUT2D eigenvalue weighted by atomic mass is 16.2. The second-order valence-electron chi connectivity index (χ2n) is 3.95. The Hall–Kier alpha value is -2.50. The minimum atomic E-state index is -2.50. The average Bonchev–Trinajstić information content (AvgIpc) is 2.78. The number of nitrogens with zero attached hydrogens (tertiary/aromatic N) is 1. The molecule has 0 radical (unpaired) electrons. The predicted molar refractivity (Wildman–Crippen MR) is 63.1 cm³/mol. The summed E-state index contributed by atoms with van der Waals surface area (Å²) >= 11 is 0. The maximum Gasteiger partial charge on any atom is 0.262 e. The molecule has 0 aromatic heterocycles. The summed E-state index contributed by atoms with van der Waals surface area (Å²) in [6.07, 6.45) is -3.26. The van der Waals surface area contributed by atoms with Gasteiger partial charge >= 0.3 is 0 Å². The molecular weight excluding hydrogens is 248 g/mol. The fourth-order valence-electron chi connectivity index (χ4n) is 1.98. The van der Waals surface area contributed by atoms with Crippen molar-refractivity contribution in [3.05, 3.63) is 35.3 Å². The van der Waals surface area contributed by atoms with E-state index in [-0.39, 0.29) is 0 Å². The van der Waals surface area contributed by atoms with Crippen LogP contribution >= 0.6 is 0 Å². The lowest BCUT2D eigenvalue weighted by molar-refractivity contribution is -0.136. The Morgan fingerprint density at radius 2 is 1.74 bits per heavy atom. The molecule has 3 rings (SSSR count). The highest BCUT2D eigenvalue weighted by molar-refractivity contribution is 6.23. The number of carbonyl (C=O) groups excluding carboxylic acids is 4. The third-order valence-electron chi connectivity index (χ3n) is 2.86. The topological polar surface area (TPSA) is 83.6 Å². The zero-order valence-electron chi connectivity index (χ0n) is 15.4. The van der Waals surface area contributed by atoms with Crippen molar-refractivity contribution in [1.82, 2.24) is 10.2 Å². The number of fused-ring (bicyclic) bond motifs is 1. The highest BCUT2D eigenvalue weighted by Gasteiger charge is 2.44. The fraction of sp³-hybridized carbons (Fsp3) is 0.231. The lowest BCUT2D eigenvalue weighted by Gasteiger charge is -2.27. The first-order valence-corrected chi connectivity index (χ1v) is 5.32. The number of hydrogen-bond acceptors (Lipinski definition) is 4. The third-order valence-corrected chi connectivity index (χ3v) is 2.86. The summed E-state index contributed by atoms with van der Waals surface area (Å²) in [7, 11) is 0. The van der Waals surface area contributed by atoms with Gasteiger partial charge in [0.15, 0.2) is 0 Å². The van der Waals surface area contributed by atoms with E-state index in [0.29, 0.717) is 4.90 Å². The average molecular weight is 264 g/mol. The molecule has 1 fully saturated rings. The number of rotatable bonds is 1. The van der Waals surface area contributed by atoms with Crippen LogP contribution in [0.1, 0.15) is 41.7 Å². The first-order chi connectivity index (χ1) is 11.5. The van der Waals surface area contributed by atoms with E-state index in [1.807, 2.05) is 0 Å². The van der Waals surface area contributed by atoms with E-state index in [2.05, 4.69) is 0 Å². The predicted octanol–water partition coefficient (Wildman–Crippen LogP) is 0.0878. The molecular formula is C13H10N2O4. The van der Waals surface area contributed by atoms with Crippen molar-refractivity contribution in [3.8, 4) is 0 Å². The maximum absolute atomic E-state index is 12.6. The van der Waals surface area contributed by atoms with Gasteiger partial charge < -0.3 is 0 Å². The van der Waals surface area contributed by atoms with Crippen LogP contribution in [0.3, 0.4) is 0 Å². The summed E-state index contributed by atoms with van der Waals surface area (Å²) in [5.74, 6) is -4.49. The molecule has 2 aliphatic rings. The summed E-state index contributed by atoms with van der Waals surface area (Å²) in [5.41, 5.74) is -1.14. The number of nitrogens with one attached hydrogen (secondary N) is 1. The zero-order valence-corrected chi connectivity index (χ0v) is 9.36. The van der Waals surface area contributed by atoms with E-state index in [4.69, 9.17) is 8.22 Å². The molecule has 6 nitrogen and oxygen atoms in total. The van der Waals surface area contributed by atoms with Crippen LogP contribution < -0.4 is 5.32 Å². The second-order valence-corrected chi connectivity index (χ2v) is 3.95. The standard InChI is InChI=1S/C13H10N2O4/c16-10-6-5-9(11(17)14-10)15-12(18)7-3-1-2-4-8(7)13(15)19/h1-4,9H,5-6H2,(H,14,16,17)/i1D,2D,3D,4D,6D2. The second kappa shape index (κ2) is 4.01. The normalized spacial score (nSPS) is 29.7. The van der Waals surface area contributed by atoms with Gasteiger partial charge in [0.05, 0.1) is 16.6 Å². The number of carbonyl (C=O) groups is 4. The molecule has 1 saturated heterocycles. The smallest absolute Gasteiger partial charge is 0.262 e. The van der Waals surface area contributed by atoms with Gasteiger partial charge in [0.1, 0.15) is 6.04 Å². The summed E-state index contributed by atoms with van der Waals surface area (Å²) in [6.45, 7) is 0. The van der Waals surface area contributed by atoms with Gasteiger partial charge in [-0.05, 0) is 18.5 Å². The quantitative estimate of drug-likeness (QED) is 0.728. The molecule has 0 saturated carbocycles. The Labute approximate surface area is 116 Å². The van der Waals surface area contributed by atoms with E-state index in [1.54, 1.807) is 5.32 Å². The van der Waals surface area contributed by atoms with Crippen molar-refractivity contribution < 1.29 is 27.4 Å². The molecule has 19 heavy (non-hydrogen) atoms. The number of hydrogen-bond donors (Lipinski definition) is 1. The molecule has 1 unspecified atom stereocenters. The molecule has 0 spiro atoms. The van der Waals surface area contributed by atoms with Gasteiger partial charge in [0.2, 0.25) is 11.8 Å². The lowest BCUT2D eigenvalue weighted by atomic mass is 10.0. The van der Waals surface area contributed by atoms with Gasteiger partial charge in [-0.25, -0.2) is 0 Å². The van der Waals surface area contributed by atoms with Crippen molar-refractivity contribution in [2.75, 3.05) is 0 Å². The molecule has 0 bridgehead atoms. The molecule has 1 aromatic rings. The molecule has 4 amide bonds. The number of imide groups is 2. The molecule has 6 heteroatoms. The monoisotopic (exact) mass is 264 g/mol. The van der Waals surface area contributed by atoms with E-state index < -0.39 is 77.8 Å². The van der Waals surface area contributed by atoms with Crippen molar-refractivity contribution in [3.63, 3.8) is 0 Å². The Kier molecular flexibility index (Phi) is 1.39. The van der Waals surface area contributed by atoms with Crippen LogP contribution in [0.15, 0.2) is 24.2 Å². The van der Waals surface area contributed by atoms with Crippen molar-refractivity contribution >= 4 is 23.6 Å². The van der Waals surface area contributed by atoms with Crippen LogP contribution in [0.25, 0.3) is 0 Å². The SMILES string of the molecule is [2H]c1c([2H])c([2H])c2c(c1[2H])C(=O)N(C1CC([2H])([2H])C(=O)NC1=O)C2=O. The van der Waals surface area contributed by atoms with Crippen molar-refractivity contribution in [2.45, 2.75) is 18.8 Å². The largest absolute Gasteiger partial charge is 0.295 e. The van der Waals surface area contributed by atoms with Gasteiger partial charge in [-0.3, -0.25) is 29.4 Å². The van der Waals surface area contributed by atoms with Crippen LogP contribution in [-0.2, 0) is 9.59 Å². The first-order valence-electron chi connectivity index (χ1n) is 8.32. The van der Waals surface area contributed by atoms with Crippen molar-refractivity contribution in [1.29, 1.82) is 0 Å². The molecule has 2 aliphatic heterocycles. The van der Waals surface area contributed by atoms with E-state index >= 15 is 0 Å².